The van der Waals surface area contributed by atoms with Gasteiger partial charge in [0.05, 0.1) is 18.4 Å². The van der Waals surface area contributed by atoms with Gasteiger partial charge in [0.15, 0.2) is 0 Å². The van der Waals surface area contributed by atoms with E-state index in [-0.39, 0.29) is 29.9 Å². The Morgan fingerprint density at radius 3 is 1.75 bits per heavy atom. The number of unbranched alkanes of at least 4 members (excludes halogenated alkanes) is 9. The van der Waals surface area contributed by atoms with Crippen molar-refractivity contribution in [1.82, 2.24) is 0 Å². The topological polar surface area (TPSA) is 52.6 Å². The summed E-state index contributed by atoms with van der Waals surface area (Å²) in [5.74, 6) is -0.907. The highest BCUT2D eigenvalue weighted by Crippen LogP contribution is 2.34. The van der Waals surface area contributed by atoms with Gasteiger partial charge in [0.25, 0.3) is 0 Å². The van der Waals surface area contributed by atoms with E-state index >= 15 is 0 Å². The van der Waals surface area contributed by atoms with Crippen molar-refractivity contribution < 1.29 is 19.1 Å². The summed E-state index contributed by atoms with van der Waals surface area (Å²) in [6, 6.07) is 0. The first kappa shape index (κ1) is 23.2. The molecule has 2 saturated carbocycles. The maximum atomic E-state index is 12.5. The van der Waals surface area contributed by atoms with Crippen molar-refractivity contribution >= 4 is 11.9 Å². The second-order valence-electron chi connectivity index (χ2n) is 8.84. The summed E-state index contributed by atoms with van der Waals surface area (Å²) in [6.45, 7) is 2.75. The lowest BCUT2D eigenvalue weighted by atomic mass is 9.79. The molecule has 4 nitrogen and oxygen atoms in total. The van der Waals surface area contributed by atoms with Gasteiger partial charge in [0.1, 0.15) is 6.10 Å². The zero-order chi connectivity index (χ0) is 20.0. The van der Waals surface area contributed by atoms with Crippen molar-refractivity contribution in [2.24, 2.45) is 11.8 Å². The van der Waals surface area contributed by atoms with Crippen LogP contribution in [0, 0.1) is 11.8 Å². The van der Waals surface area contributed by atoms with Crippen molar-refractivity contribution in [3.05, 3.63) is 0 Å². The highest BCUT2D eigenvalue weighted by atomic mass is 16.5. The molecule has 2 rings (SSSR count). The standard InChI is InChI=1S/C24H42O4/c1-2-3-4-5-6-7-8-9-10-13-19-27-23(25)21-17-11-12-18-22(21)24(26)28-20-15-14-16-20/h20-22H,2-19H2,1H3. The number of hydrogen-bond acceptors (Lipinski definition) is 4. The van der Waals surface area contributed by atoms with Gasteiger partial charge in [0, 0.05) is 0 Å². The molecule has 0 heterocycles. The third-order valence-electron chi connectivity index (χ3n) is 6.45. The number of esters is 2. The van der Waals surface area contributed by atoms with E-state index < -0.39 is 0 Å². The van der Waals surface area contributed by atoms with Gasteiger partial charge >= 0.3 is 11.9 Å². The van der Waals surface area contributed by atoms with Crippen LogP contribution in [0.2, 0.25) is 0 Å². The number of hydrogen-bond donors (Lipinski definition) is 0. The number of rotatable bonds is 14. The summed E-state index contributed by atoms with van der Waals surface area (Å²) in [4.78, 5) is 25.0. The molecular weight excluding hydrogens is 352 g/mol. The molecule has 0 saturated heterocycles. The Labute approximate surface area is 172 Å². The molecule has 0 aliphatic heterocycles. The van der Waals surface area contributed by atoms with Gasteiger partial charge in [-0.05, 0) is 38.5 Å². The van der Waals surface area contributed by atoms with Crippen LogP contribution >= 0.6 is 0 Å². The van der Waals surface area contributed by atoms with Crippen LogP contribution in [0.3, 0.4) is 0 Å². The summed E-state index contributed by atoms with van der Waals surface area (Å²) < 4.78 is 11.1. The molecule has 0 amide bonds. The third-order valence-corrected chi connectivity index (χ3v) is 6.45. The van der Waals surface area contributed by atoms with Crippen LogP contribution in [-0.4, -0.2) is 24.6 Å². The predicted molar refractivity (Wildman–Crippen MR) is 112 cm³/mol. The smallest absolute Gasteiger partial charge is 0.310 e. The molecule has 2 aliphatic rings. The average molecular weight is 395 g/mol. The summed E-state index contributed by atoms with van der Waals surface area (Å²) in [5.41, 5.74) is 0. The summed E-state index contributed by atoms with van der Waals surface area (Å²) in [5, 5.41) is 0. The van der Waals surface area contributed by atoms with Crippen molar-refractivity contribution in [2.75, 3.05) is 6.61 Å². The Balaban J connectivity index is 1.53. The van der Waals surface area contributed by atoms with Crippen molar-refractivity contribution in [3.63, 3.8) is 0 Å². The van der Waals surface area contributed by atoms with E-state index in [0.29, 0.717) is 6.61 Å². The highest BCUT2D eigenvalue weighted by molar-refractivity contribution is 5.82. The Morgan fingerprint density at radius 1 is 0.679 bits per heavy atom. The van der Waals surface area contributed by atoms with E-state index in [1.807, 2.05) is 0 Å². The van der Waals surface area contributed by atoms with Crippen LogP contribution in [0.15, 0.2) is 0 Å². The molecule has 2 unspecified atom stereocenters. The van der Waals surface area contributed by atoms with Gasteiger partial charge < -0.3 is 9.47 Å². The Hall–Kier alpha value is -1.06. The second kappa shape index (κ2) is 14.0. The highest BCUT2D eigenvalue weighted by Gasteiger charge is 2.39. The van der Waals surface area contributed by atoms with Crippen LogP contribution < -0.4 is 0 Å². The Morgan fingerprint density at radius 2 is 1.21 bits per heavy atom. The molecule has 2 aliphatic carbocycles. The van der Waals surface area contributed by atoms with Crippen LogP contribution in [0.1, 0.15) is 116 Å². The second-order valence-corrected chi connectivity index (χ2v) is 8.84. The van der Waals surface area contributed by atoms with Crippen LogP contribution in [0.4, 0.5) is 0 Å². The largest absolute Gasteiger partial charge is 0.465 e. The van der Waals surface area contributed by atoms with E-state index in [1.165, 1.54) is 51.4 Å². The van der Waals surface area contributed by atoms with Crippen molar-refractivity contribution in [3.8, 4) is 0 Å². The molecule has 4 heteroatoms. The minimum absolute atomic E-state index is 0.0951. The van der Waals surface area contributed by atoms with E-state index in [1.54, 1.807) is 0 Å². The fourth-order valence-corrected chi connectivity index (χ4v) is 4.30. The number of carbonyl (C=O) groups is 2. The van der Waals surface area contributed by atoms with Gasteiger partial charge in [-0.2, -0.15) is 0 Å². The molecule has 2 atom stereocenters. The van der Waals surface area contributed by atoms with E-state index in [9.17, 15) is 9.59 Å². The molecule has 28 heavy (non-hydrogen) atoms. The monoisotopic (exact) mass is 394 g/mol. The molecule has 0 spiro atoms. The fraction of sp³-hybridized carbons (Fsp3) is 0.917. The Bertz CT molecular complexity index is 444. The zero-order valence-corrected chi connectivity index (χ0v) is 18.1. The quantitative estimate of drug-likeness (QED) is 0.254. The minimum Gasteiger partial charge on any atom is -0.465 e. The molecule has 0 aromatic carbocycles. The van der Waals surface area contributed by atoms with Crippen LogP contribution in [0.25, 0.3) is 0 Å². The fourth-order valence-electron chi connectivity index (χ4n) is 4.30. The maximum Gasteiger partial charge on any atom is 0.310 e. The van der Waals surface area contributed by atoms with Crippen LogP contribution in [-0.2, 0) is 19.1 Å². The molecule has 0 aromatic rings. The summed E-state index contributed by atoms with van der Waals surface area (Å²) in [7, 11) is 0. The molecule has 0 bridgehead atoms. The number of ether oxygens (including phenoxy) is 2. The lowest BCUT2D eigenvalue weighted by Crippen LogP contribution is -2.37. The van der Waals surface area contributed by atoms with Gasteiger partial charge in [-0.15, -0.1) is 0 Å². The predicted octanol–water partition coefficient (Wildman–Crippen LogP) is 6.35. The first-order chi connectivity index (χ1) is 13.7. The molecule has 0 N–H and O–H groups in total. The molecule has 0 radical (unpaired) electrons. The zero-order valence-electron chi connectivity index (χ0n) is 18.1. The number of carbonyl (C=O) groups excluding carboxylic acids is 2. The molecule has 2 fully saturated rings. The van der Waals surface area contributed by atoms with Crippen LogP contribution in [0.5, 0.6) is 0 Å². The van der Waals surface area contributed by atoms with Gasteiger partial charge in [-0.3, -0.25) is 9.59 Å². The van der Waals surface area contributed by atoms with Gasteiger partial charge in [0.2, 0.25) is 0 Å². The Kier molecular flexibility index (Phi) is 11.6. The molecule has 0 aromatic heterocycles. The summed E-state index contributed by atoms with van der Waals surface area (Å²) >= 11 is 0. The first-order valence-electron chi connectivity index (χ1n) is 12.1. The van der Waals surface area contributed by atoms with E-state index in [0.717, 1.165) is 57.8 Å². The van der Waals surface area contributed by atoms with E-state index in [2.05, 4.69) is 6.92 Å². The maximum absolute atomic E-state index is 12.5. The average Bonchev–Trinajstić information content (AvgIpc) is 2.68. The minimum atomic E-state index is -0.288. The summed E-state index contributed by atoms with van der Waals surface area (Å²) in [6.07, 6.45) is 19.4. The third kappa shape index (κ3) is 8.53. The first-order valence-corrected chi connectivity index (χ1v) is 12.1. The van der Waals surface area contributed by atoms with E-state index in [4.69, 9.17) is 9.47 Å². The van der Waals surface area contributed by atoms with Gasteiger partial charge in [-0.25, -0.2) is 0 Å². The normalized spacial score (nSPS) is 22.5. The van der Waals surface area contributed by atoms with Crippen molar-refractivity contribution in [1.29, 1.82) is 0 Å². The van der Waals surface area contributed by atoms with Crippen molar-refractivity contribution in [2.45, 2.75) is 122 Å². The lowest BCUT2D eigenvalue weighted by molar-refractivity contribution is -0.168. The molecular formula is C24H42O4. The molecule has 162 valence electrons. The van der Waals surface area contributed by atoms with Gasteiger partial charge in [-0.1, -0.05) is 77.6 Å². The SMILES string of the molecule is CCCCCCCCCCCCOC(=O)C1CCCCC1C(=O)OC1CCC1. The lowest BCUT2D eigenvalue weighted by Gasteiger charge is -2.32.